The summed E-state index contributed by atoms with van der Waals surface area (Å²) in [7, 11) is 0. The zero-order chi connectivity index (χ0) is 12.4. The lowest BCUT2D eigenvalue weighted by Gasteiger charge is -2.16. The van der Waals surface area contributed by atoms with Crippen LogP contribution in [0.4, 0.5) is 0 Å². The number of hydrogen-bond donors (Lipinski definition) is 2. The lowest BCUT2D eigenvalue weighted by molar-refractivity contribution is 0.304. The molecule has 0 atom stereocenters. The summed E-state index contributed by atoms with van der Waals surface area (Å²) in [6, 6.07) is 0. The highest BCUT2D eigenvalue weighted by Gasteiger charge is 2.14. The quantitative estimate of drug-likeness (QED) is 0.755. The van der Waals surface area contributed by atoms with Crippen LogP contribution in [0.2, 0.25) is 0 Å². The van der Waals surface area contributed by atoms with Crippen LogP contribution in [0.1, 0.15) is 18.4 Å². The smallest absolute Gasteiger partial charge is 0.331 e. The van der Waals surface area contributed by atoms with Crippen LogP contribution >= 0.6 is 0 Å². The van der Waals surface area contributed by atoms with E-state index in [0.717, 1.165) is 19.6 Å². The summed E-state index contributed by atoms with van der Waals surface area (Å²) in [6.45, 7) is 4.71. The molecule has 1 aromatic heterocycles. The van der Waals surface area contributed by atoms with Gasteiger partial charge in [-0.05, 0) is 32.9 Å². The van der Waals surface area contributed by atoms with E-state index in [4.69, 9.17) is 0 Å². The van der Waals surface area contributed by atoms with Gasteiger partial charge in [-0.15, -0.1) is 0 Å². The van der Waals surface area contributed by atoms with Crippen molar-refractivity contribution in [2.45, 2.75) is 26.3 Å². The Hall–Kier alpha value is -1.56. The number of rotatable bonds is 3. The molecule has 1 saturated heterocycles. The number of aromatic amines is 1. The lowest BCUT2D eigenvalue weighted by atomic mass is 10.3. The summed E-state index contributed by atoms with van der Waals surface area (Å²) >= 11 is 0. The Morgan fingerprint density at radius 3 is 2.53 bits per heavy atom. The third-order valence-corrected chi connectivity index (χ3v) is 3.24. The van der Waals surface area contributed by atoms with E-state index >= 15 is 0 Å². The monoisotopic (exact) mass is 239 g/mol. The molecule has 2 N–H and O–H groups in total. The second-order valence-electron chi connectivity index (χ2n) is 4.41. The summed E-state index contributed by atoms with van der Waals surface area (Å²) in [5, 5.41) is 9.76. The molecular weight excluding hydrogens is 222 g/mol. The molecule has 17 heavy (non-hydrogen) atoms. The second-order valence-corrected chi connectivity index (χ2v) is 4.41. The minimum Gasteiger partial charge on any atom is -0.494 e. The molecule has 0 radical (unpaired) electrons. The Labute approximate surface area is 98.5 Å². The Morgan fingerprint density at radius 2 is 1.88 bits per heavy atom. The Kier molecular flexibility index (Phi) is 3.33. The standard InChI is InChI=1S/C11H17N3O3/c1-8-9(15)12-11(17)14(10(8)16)7-6-13-4-2-3-5-13/h16H,2-7H2,1H3,(H,12,15,17). The highest BCUT2D eigenvalue weighted by atomic mass is 16.3. The van der Waals surface area contributed by atoms with E-state index in [0.29, 0.717) is 6.54 Å². The first-order valence-corrected chi connectivity index (χ1v) is 5.84. The average Bonchev–Trinajstić information content (AvgIpc) is 2.79. The molecule has 1 aromatic rings. The zero-order valence-corrected chi connectivity index (χ0v) is 9.90. The van der Waals surface area contributed by atoms with Crippen LogP contribution in [0.15, 0.2) is 9.59 Å². The van der Waals surface area contributed by atoms with Gasteiger partial charge in [0.15, 0.2) is 0 Å². The van der Waals surface area contributed by atoms with Gasteiger partial charge in [-0.1, -0.05) is 0 Å². The topological polar surface area (TPSA) is 78.3 Å². The predicted octanol–water partition coefficient (Wildman–Crippen LogP) is -0.354. The maximum atomic E-state index is 11.5. The number of likely N-dealkylation sites (tertiary alicyclic amines) is 1. The van der Waals surface area contributed by atoms with E-state index in [1.165, 1.54) is 24.3 Å². The molecule has 1 aliphatic rings. The van der Waals surface area contributed by atoms with Crippen molar-refractivity contribution in [3.05, 3.63) is 26.4 Å². The van der Waals surface area contributed by atoms with Crippen LogP contribution in [0.5, 0.6) is 5.88 Å². The van der Waals surface area contributed by atoms with E-state index in [9.17, 15) is 14.7 Å². The molecule has 0 aromatic carbocycles. The first kappa shape index (κ1) is 11.9. The molecule has 0 spiro atoms. The van der Waals surface area contributed by atoms with E-state index in [2.05, 4.69) is 9.88 Å². The molecule has 0 saturated carbocycles. The summed E-state index contributed by atoms with van der Waals surface area (Å²) in [5.41, 5.74) is -0.881. The number of hydrogen-bond acceptors (Lipinski definition) is 4. The van der Waals surface area contributed by atoms with Gasteiger partial charge in [-0.3, -0.25) is 14.3 Å². The van der Waals surface area contributed by atoms with E-state index in [1.807, 2.05) is 0 Å². The van der Waals surface area contributed by atoms with Gasteiger partial charge in [-0.2, -0.15) is 0 Å². The number of H-pyrrole nitrogens is 1. The van der Waals surface area contributed by atoms with Crippen LogP contribution in [-0.4, -0.2) is 39.2 Å². The number of aromatic hydroxyl groups is 1. The highest BCUT2D eigenvalue weighted by Crippen LogP contribution is 2.10. The summed E-state index contributed by atoms with van der Waals surface area (Å²) in [6.07, 6.45) is 2.37. The van der Waals surface area contributed by atoms with Gasteiger partial charge in [-0.25, -0.2) is 4.79 Å². The summed E-state index contributed by atoms with van der Waals surface area (Å²) in [4.78, 5) is 27.2. The van der Waals surface area contributed by atoms with Gasteiger partial charge in [0, 0.05) is 13.1 Å². The number of nitrogens with zero attached hydrogens (tertiary/aromatic N) is 2. The molecule has 0 unspecified atom stereocenters. The van der Waals surface area contributed by atoms with Crippen molar-refractivity contribution in [1.29, 1.82) is 0 Å². The van der Waals surface area contributed by atoms with Crippen LogP contribution in [-0.2, 0) is 6.54 Å². The van der Waals surface area contributed by atoms with Gasteiger partial charge < -0.3 is 10.0 Å². The Bertz CT molecular complexity index is 512. The first-order valence-electron chi connectivity index (χ1n) is 5.84. The van der Waals surface area contributed by atoms with Gasteiger partial charge in [0.1, 0.15) is 0 Å². The Morgan fingerprint density at radius 1 is 1.24 bits per heavy atom. The zero-order valence-electron chi connectivity index (χ0n) is 9.90. The van der Waals surface area contributed by atoms with Gasteiger partial charge >= 0.3 is 5.69 Å². The first-order chi connectivity index (χ1) is 8.09. The Balaban J connectivity index is 2.17. The SMILES string of the molecule is Cc1c(O)n(CCN2CCCC2)c(=O)[nH]c1=O. The van der Waals surface area contributed by atoms with E-state index in [1.54, 1.807) is 0 Å². The van der Waals surface area contributed by atoms with Crippen LogP contribution in [0.3, 0.4) is 0 Å². The minimum atomic E-state index is -0.544. The van der Waals surface area contributed by atoms with Crippen molar-refractivity contribution >= 4 is 0 Å². The molecule has 2 rings (SSSR count). The lowest BCUT2D eigenvalue weighted by Crippen LogP contribution is -2.34. The van der Waals surface area contributed by atoms with Gasteiger partial charge in [0.25, 0.3) is 5.56 Å². The summed E-state index contributed by atoms with van der Waals surface area (Å²) in [5.74, 6) is -0.224. The third-order valence-electron chi connectivity index (χ3n) is 3.24. The number of aromatic nitrogens is 2. The van der Waals surface area contributed by atoms with Crippen molar-refractivity contribution in [3.8, 4) is 5.88 Å². The van der Waals surface area contributed by atoms with Gasteiger partial charge in [0.05, 0.1) is 5.56 Å². The molecule has 1 fully saturated rings. The average molecular weight is 239 g/mol. The molecule has 1 aliphatic heterocycles. The largest absolute Gasteiger partial charge is 0.494 e. The minimum absolute atomic E-state index is 0.186. The molecule has 94 valence electrons. The summed E-state index contributed by atoms with van der Waals surface area (Å²) < 4.78 is 1.22. The molecule has 0 amide bonds. The van der Waals surface area contributed by atoms with Crippen molar-refractivity contribution in [1.82, 2.24) is 14.5 Å². The number of nitrogens with one attached hydrogen (secondary N) is 1. The van der Waals surface area contributed by atoms with Crippen LogP contribution in [0.25, 0.3) is 0 Å². The predicted molar refractivity (Wildman–Crippen MR) is 63.4 cm³/mol. The van der Waals surface area contributed by atoms with Crippen molar-refractivity contribution in [3.63, 3.8) is 0 Å². The van der Waals surface area contributed by atoms with Crippen LogP contribution < -0.4 is 11.2 Å². The van der Waals surface area contributed by atoms with Crippen molar-refractivity contribution in [2.75, 3.05) is 19.6 Å². The molecule has 6 nitrogen and oxygen atoms in total. The fourth-order valence-electron chi connectivity index (χ4n) is 2.11. The van der Waals surface area contributed by atoms with E-state index < -0.39 is 11.2 Å². The molecule has 6 heteroatoms. The second kappa shape index (κ2) is 4.75. The fourth-order valence-corrected chi connectivity index (χ4v) is 2.11. The molecule has 0 aliphatic carbocycles. The maximum Gasteiger partial charge on any atom is 0.331 e. The molecular formula is C11H17N3O3. The van der Waals surface area contributed by atoms with Crippen LogP contribution in [0, 0.1) is 6.92 Å². The normalized spacial score (nSPS) is 16.5. The molecule has 0 bridgehead atoms. The maximum absolute atomic E-state index is 11.5. The third kappa shape index (κ3) is 2.41. The van der Waals surface area contributed by atoms with E-state index in [-0.39, 0.29) is 11.4 Å². The molecule has 2 heterocycles. The highest BCUT2D eigenvalue weighted by molar-refractivity contribution is 5.20. The van der Waals surface area contributed by atoms with Gasteiger partial charge in [0.2, 0.25) is 5.88 Å². The fraction of sp³-hybridized carbons (Fsp3) is 0.636. The van der Waals surface area contributed by atoms with Crippen molar-refractivity contribution in [2.24, 2.45) is 0 Å². The van der Waals surface area contributed by atoms with Crippen molar-refractivity contribution < 1.29 is 5.11 Å².